The standard InChI is InChI=1S/C20H22N2O3/c1-14(21)10-11-22-20(23)19-9-8-18(25-19)13-24-17-7-6-15-4-2-3-5-16(15)12-17/h2-9,12,14H,10-11,13,21H2,1H3,(H,22,23). The number of furan rings is 1. The van der Waals surface area contributed by atoms with Gasteiger partial charge in [0.05, 0.1) is 0 Å². The van der Waals surface area contributed by atoms with E-state index < -0.39 is 0 Å². The third-order valence-electron chi connectivity index (χ3n) is 3.87. The molecule has 25 heavy (non-hydrogen) atoms. The molecular weight excluding hydrogens is 316 g/mol. The van der Waals surface area contributed by atoms with Crippen LogP contribution in [0.2, 0.25) is 0 Å². The molecule has 0 aliphatic carbocycles. The molecule has 1 aromatic heterocycles. The van der Waals surface area contributed by atoms with Gasteiger partial charge in [-0.1, -0.05) is 30.3 Å². The Bertz CT molecular complexity index is 855. The molecule has 0 aliphatic rings. The Morgan fingerprint density at radius 3 is 2.76 bits per heavy atom. The van der Waals surface area contributed by atoms with E-state index in [0.29, 0.717) is 12.3 Å². The van der Waals surface area contributed by atoms with Crippen LogP contribution in [0.1, 0.15) is 29.7 Å². The van der Waals surface area contributed by atoms with E-state index in [1.54, 1.807) is 12.1 Å². The molecule has 2 aromatic carbocycles. The summed E-state index contributed by atoms with van der Waals surface area (Å²) in [7, 11) is 0. The number of nitrogens with one attached hydrogen (secondary N) is 1. The number of carbonyl (C=O) groups is 1. The average Bonchev–Trinajstić information content (AvgIpc) is 3.08. The minimum atomic E-state index is -0.238. The van der Waals surface area contributed by atoms with Gasteiger partial charge in [-0.2, -0.15) is 0 Å². The molecule has 1 heterocycles. The van der Waals surface area contributed by atoms with Gasteiger partial charge in [0.25, 0.3) is 5.91 Å². The zero-order valence-corrected chi connectivity index (χ0v) is 14.2. The molecule has 5 heteroatoms. The summed E-state index contributed by atoms with van der Waals surface area (Å²) in [5.74, 6) is 1.41. The van der Waals surface area contributed by atoms with E-state index in [1.165, 1.54) is 5.39 Å². The largest absolute Gasteiger partial charge is 0.486 e. The second-order valence-corrected chi connectivity index (χ2v) is 6.09. The molecule has 1 atom stereocenters. The van der Waals surface area contributed by atoms with E-state index in [2.05, 4.69) is 11.4 Å². The van der Waals surface area contributed by atoms with Crippen LogP contribution < -0.4 is 15.8 Å². The molecule has 5 nitrogen and oxygen atoms in total. The van der Waals surface area contributed by atoms with E-state index in [9.17, 15) is 4.79 Å². The van der Waals surface area contributed by atoms with Crippen molar-refractivity contribution in [2.45, 2.75) is 26.0 Å². The van der Waals surface area contributed by atoms with Crippen LogP contribution in [0, 0.1) is 0 Å². The van der Waals surface area contributed by atoms with E-state index in [-0.39, 0.29) is 24.3 Å². The predicted molar refractivity (Wildman–Crippen MR) is 97.6 cm³/mol. The fraction of sp³-hybridized carbons (Fsp3) is 0.250. The fourth-order valence-electron chi connectivity index (χ4n) is 2.49. The lowest BCUT2D eigenvalue weighted by Crippen LogP contribution is -2.28. The van der Waals surface area contributed by atoms with Crippen molar-refractivity contribution in [3.8, 4) is 5.75 Å². The van der Waals surface area contributed by atoms with Crippen molar-refractivity contribution in [2.75, 3.05) is 6.54 Å². The average molecular weight is 338 g/mol. The number of amides is 1. The van der Waals surface area contributed by atoms with Crippen LogP contribution in [0.5, 0.6) is 5.75 Å². The highest BCUT2D eigenvalue weighted by Crippen LogP contribution is 2.21. The zero-order valence-electron chi connectivity index (χ0n) is 14.2. The van der Waals surface area contributed by atoms with Crippen molar-refractivity contribution in [2.24, 2.45) is 5.73 Å². The Hall–Kier alpha value is -2.79. The third kappa shape index (κ3) is 4.61. The number of benzene rings is 2. The second-order valence-electron chi connectivity index (χ2n) is 6.09. The van der Waals surface area contributed by atoms with Crippen molar-refractivity contribution < 1.29 is 13.9 Å². The molecule has 0 saturated heterocycles. The number of nitrogens with two attached hydrogens (primary N) is 1. The number of fused-ring (bicyclic) bond motifs is 1. The number of hydrogen-bond acceptors (Lipinski definition) is 4. The third-order valence-corrected chi connectivity index (χ3v) is 3.87. The lowest BCUT2D eigenvalue weighted by molar-refractivity contribution is 0.0921. The smallest absolute Gasteiger partial charge is 0.286 e. The highest BCUT2D eigenvalue weighted by Gasteiger charge is 2.11. The number of hydrogen-bond donors (Lipinski definition) is 2. The summed E-state index contributed by atoms with van der Waals surface area (Å²) in [6, 6.07) is 17.5. The summed E-state index contributed by atoms with van der Waals surface area (Å²) in [6.07, 6.45) is 0.727. The lowest BCUT2D eigenvalue weighted by Gasteiger charge is -2.06. The van der Waals surface area contributed by atoms with E-state index >= 15 is 0 Å². The van der Waals surface area contributed by atoms with Crippen molar-refractivity contribution >= 4 is 16.7 Å². The first-order chi connectivity index (χ1) is 12.1. The lowest BCUT2D eigenvalue weighted by atomic mass is 10.1. The van der Waals surface area contributed by atoms with Crippen LogP contribution >= 0.6 is 0 Å². The van der Waals surface area contributed by atoms with Crippen LogP contribution in [0.25, 0.3) is 10.8 Å². The minimum Gasteiger partial charge on any atom is -0.486 e. The summed E-state index contributed by atoms with van der Waals surface area (Å²) in [4.78, 5) is 12.0. The van der Waals surface area contributed by atoms with Gasteiger partial charge in [-0.15, -0.1) is 0 Å². The molecule has 1 amide bonds. The fourth-order valence-corrected chi connectivity index (χ4v) is 2.49. The van der Waals surface area contributed by atoms with Crippen LogP contribution in [0.15, 0.2) is 59.0 Å². The van der Waals surface area contributed by atoms with Crippen molar-refractivity contribution in [1.82, 2.24) is 5.32 Å². The summed E-state index contributed by atoms with van der Waals surface area (Å²) < 4.78 is 11.3. The molecule has 1 unspecified atom stereocenters. The van der Waals surface area contributed by atoms with Gasteiger partial charge < -0.3 is 20.2 Å². The molecule has 130 valence electrons. The second kappa shape index (κ2) is 7.85. The molecule has 0 radical (unpaired) electrons. The quantitative estimate of drug-likeness (QED) is 0.691. The monoisotopic (exact) mass is 338 g/mol. The van der Waals surface area contributed by atoms with E-state index in [4.69, 9.17) is 14.9 Å². The van der Waals surface area contributed by atoms with Gasteiger partial charge in [-0.25, -0.2) is 0 Å². The maximum Gasteiger partial charge on any atom is 0.286 e. The van der Waals surface area contributed by atoms with Crippen molar-refractivity contribution in [1.29, 1.82) is 0 Å². The Labute approximate surface area is 146 Å². The van der Waals surface area contributed by atoms with Crippen molar-refractivity contribution in [3.63, 3.8) is 0 Å². The Morgan fingerprint density at radius 1 is 1.16 bits per heavy atom. The van der Waals surface area contributed by atoms with Gasteiger partial charge in [0.2, 0.25) is 0 Å². The number of ether oxygens (including phenoxy) is 1. The molecular formula is C20H22N2O3. The van der Waals surface area contributed by atoms with Gasteiger partial charge in [-0.3, -0.25) is 4.79 Å². The maximum absolute atomic E-state index is 12.0. The van der Waals surface area contributed by atoms with E-state index in [0.717, 1.165) is 17.6 Å². The van der Waals surface area contributed by atoms with Gasteiger partial charge in [-0.05, 0) is 48.4 Å². The Kier molecular flexibility index (Phi) is 5.36. The minimum absolute atomic E-state index is 0.0582. The van der Waals surface area contributed by atoms with E-state index in [1.807, 2.05) is 43.3 Å². The molecule has 3 N–H and O–H groups in total. The van der Waals surface area contributed by atoms with Crippen molar-refractivity contribution in [3.05, 3.63) is 66.1 Å². The molecule has 3 aromatic rings. The first-order valence-electron chi connectivity index (χ1n) is 8.36. The maximum atomic E-state index is 12.0. The number of carbonyl (C=O) groups excluding carboxylic acids is 1. The highest BCUT2D eigenvalue weighted by molar-refractivity contribution is 5.91. The zero-order chi connectivity index (χ0) is 17.6. The highest BCUT2D eigenvalue weighted by atomic mass is 16.5. The summed E-state index contributed by atoms with van der Waals surface area (Å²) in [5.41, 5.74) is 5.66. The molecule has 3 rings (SSSR count). The SMILES string of the molecule is CC(N)CCNC(=O)c1ccc(COc2ccc3ccccc3c2)o1. The van der Waals surface area contributed by atoms with Crippen LogP contribution in [0.3, 0.4) is 0 Å². The summed E-state index contributed by atoms with van der Waals surface area (Å²) in [5, 5.41) is 5.07. The predicted octanol–water partition coefficient (Wildman–Crippen LogP) is 3.48. The molecule has 0 bridgehead atoms. The van der Waals surface area contributed by atoms with Crippen LogP contribution in [-0.4, -0.2) is 18.5 Å². The molecule has 0 saturated carbocycles. The normalized spacial score (nSPS) is 12.1. The first kappa shape index (κ1) is 17.0. The van der Waals surface area contributed by atoms with Gasteiger partial charge in [0, 0.05) is 12.6 Å². The molecule has 0 fully saturated rings. The topological polar surface area (TPSA) is 77.5 Å². The van der Waals surface area contributed by atoms with Gasteiger partial charge in [0.15, 0.2) is 5.76 Å². The number of rotatable bonds is 7. The Balaban J connectivity index is 1.56. The summed E-state index contributed by atoms with van der Waals surface area (Å²) >= 11 is 0. The molecule has 0 aliphatic heterocycles. The summed E-state index contributed by atoms with van der Waals surface area (Å²) in [6.45, 7) is 2.70. The van der Waals surface area contributed by atoms with Crippen LogP contribution in [-0.2, 0) is 6.61 Å². The first-order valence-corrected chi connectivity index (χ1v) is 8.36. The van der Waals surface area contributed by atoms with Gasteiger partial charge >= 0.3 is 0 Å². The van der Waals surface area contributed by atoms with Gasteiger partial charge in [0.1, 0.15) is 18.1 Å². The van der Waals surface area contributed by atoms with Crippen LogP contribution in [0.4, 0.5) is 0 Å². The Morgan fingerprint density at radius 2 is 1.96 bits per heavy atom. The molecule has 0 spiro atoms.